The minimum absolute atomic E-state index is 0. The standard InChI is InChI=1S/C16H32N6O2.HI/c1-6-17-16(18-11-15(24)20(4)5)22-9-7-21(8-10-22)12-14(23)19-13(2)3;/h13H,6-12H2,1-5H3,(H,17,18)(H,19,23);1H. The molecule has 0 atom stereocenters. The van der Waals surface area contributed by atoms with Crippen molar-refractivity contribution >= 4 is 41.8 Å². The lowest BCUT2D eigenvalue weighted by atomic mass is 10.3. The summed E-state index contributed by atoms with van der Waals surface area (Å²) in [7, 11) is 3.46. The summed E-state index contributed by atoms with van der Waals surface area (Å²) in [5.74, 6) is 0.809. The Bertz CT molecular complexity index is 448. The molecule has 1 fully saturated rings. The third kappa shape index (κ3) is 9.24. The van der Waals surface area contributed by atoms with Gasteiger partial charge in [-0.15, -0.1) is 24.0 Å². The Balaban J connectivity index is 0.00000576. The molecule has 8 nitrogen and oxygen atoms in total. The van der Waals surface area contributed by atoms with Crippen molar-refractivity contribution < 1.29 is 9.59 Å². The monoisotopic (exact) mass is 468 g/mol. The average molecular weight is 468 g/mol. The van der Waals surface area contributed by atoms with E-state index >= 15 is 0 Å². The zero-order valence-corrected chi connectivity index (χ0v) is 18.4. The van der Waals surface area contributed by atoms with Crippen LogP contribution in [-0.4, -0.2) is 98.4 Å². The first-order valence-corrected chi connectivity index (χ1v) is 8.58. The molecule has 1 heterocycles. The van der Waals surface area contributed by atoms with Gasteiger partial charge in [-0.05, 0) is 20.8 Å². The summed E-state index contributed by atoms with van der Waals surface area (Å²) in [5.41, 5.74) is 0. The Hall–Kier alpha value is -1.10. The van der Waals surface area contributed by atoms with Gasteiger partial charge in [0.25, 0.3) is 0 Å². The summed E-state index contributed by atoms with van der Waals surface area (Å²) >= 11 is 0. The lowest BCUT2D eigenvalue weighted by Crippen LogP contribution is -2.54. The van der Waals surface area contributed by atoms with Gasteiger partial charge < -0.3 is 20.4 Å². The van der Waals surface area contributed by atoms with E-state index in [2.05, 4.69) is 25.4 Å². The van der Waals surface area contributed by atoms with Crippen LogP contribution in [0.1, 0.15) is 20.8 Å². The number of nitrogens with one attached hydrogen (secondary N) is 2. The third-order valence-electron chi connectivity index (χ3n) is 3.69. The normalized spacial score (nSPS) is 15.6. The van der Waals surface area contributed by atoms with Crippen molar-refractivity contribution in [3.8, 4) is 0 Å². The number of rotatable bonds is 6. The molecule has 2 N–H and O–H groups in total. The number of nitrogens with zero attached hydrogens (tertiary/aromatic N) is 4. The second-order valence-corrected chi connectivity index (χ2v) is 6.44. The fourth-order valence-corrected chi connectivity index (χ4v) is 2.40. The van der Waals surface area contributed by atoms with Gasteiger partial charge in [0.05, 0.1) is 6.54 Å². The molecule has 146 valence electrons. The molecule has 9 heteroatoms. The van der Waals surface area contributed by atoms with Crippen molar-refractivity contribution in [3.63, 3.8) is 0 Å². The molecule has 0 unspecified atom stereocenters. The Labute approximate surface area is 168 Å². The van der Waals surface area contributed by atoms with E-state index in [1.807, 2.05) is 20.8 Å². The van der Waals surface area contributed by atoms with E-state index in [4.69, 9.17) is 0 Å². The molecule has 1 aliphatic heterocycles. The lowest BCUT2D eigenvalue weighted by Gasteiger charge is -2.36. The summed E-state index contributed by atoms with van der Waals surface area (Å²) in [6.45, 7) is 10.4. The number of hydrogen-bond donors (Lipinski definition) is 2. The van der Waals surface area contributed by atoms with Crippen LogP contribution in [0.25, 0.3) is 0 Å². The van der Waals surface area contributed by atoms with Crippen LogP contribution in [0.3, 0.4) is 0 Å². The molecule has 1 aliphatic rings. The van der Waals surface area contributed by atoms with Crippen LogP contribution < -0.4 is 10.6 Å². The van der Waals surface area contributed by atoms with Crippen molar-refractivity contribution in [1.29, 1.82) is 0 Å². The maximum Gasteiger partial charge on any atom is 0.243 e. The first-order valence-electron chi connectivity index (χ1n) is 8.58. The van der Waals surface area contributed by atoms with Gasteiger partial charge >= 0.3 is 0 Å². The van der Waals surface area contributed by atoms with Gasteiger partial charge in [-0.3, -0.25) is 14.5 Å². The van der Waals surface area contributed by atoms with E-state index < -0.39 is 0 Å². The molecule has 1 saturated heterocycles. The second-order valence-electron chi connectivity index (χ2n) is 6.44. The van der Waals surface area contributed by atoms with E-state index in [9.17, 15) is 9.59 Å². The fraction of sp³-hybridized carbons (Fsp3) is 0.812. The second kappa shape index (κ2) is 12.3. The molecule has 25 heavy (non-hydrogen) atoms. The highest BCUT2D eigenvalue weighted by Gasteiger charge is 2.21. The predicted octanol–water partition coefficient (Wildman–Crippen LogP) is -0.200. The predicted molar refractivity (Wildman–Crippen MR) is 111 cm³/mol. The van der Waals surface area contributed by atoms with Gasteiger partial charge in [0.15, 0.2) is 5.96 Å². The Morgan fingerprint density at radius 1 is 1.16 bits per heavy atom. The number of carbonyl (C=O) groups is 2. The molecule has 2 amide bonds. The number of piperazine rings is 1. The maximum atomic E-state index is 11.8. The van der Waals surface area contributed by atoms with Gasteiger partial charge in [-0.1, -0.05) is 0 Å². The fourth-order valence-electron chi connectivity index (χ4n) is 2.40. The van der Waals surface area contributed by atoms with E-state index in [1.165, 1.54) is 0 Å². The van der Waals surface area contributed by atoms with Gasteiger partial charge in [0.2, 0.25) is 11.8 Å². The van der Waals surface area contributed by atoms with E-state index in [0.29, 0.717) is 6.54 Å². The summed E-state index contributed by atoms with van der Waals surface area (Å²) < 4.78 is 0. The highest BCUT2D eigenvalue weighted by atomic mass is 127. The number of amides is 2. The van der Waals surface area contributed by atoms with E-state index in [1.54, 1.807) is 19.0 Å². The van der Waals surface area contributed by atoms with E-state index in [0.717, 1.165) is 38.7 Å². The lowest BCUT2D eigenvalue weighted by molar-refractivity contribution is -0.127. The highest BCUT2D eigenvalue weighted by Crippen LogP contribution is 2.02. The minimum atomic E-state index is -0.0191. The molecule has 0 bridgehead atoms. The number of halogens is 1. The van der Waals surface area contributed by atoms with E-state index in [-0.39, 0.29) is 48.4 Å². The van der Waals surface area contributed by atoms with Crippen molar-refractivity contribution in [2.24, 2.45) is 4.99 Å². The third-order valence-corrected chi connectivity index (χ3v) is 3.69. The Kier molecular flexibility index (Phi) is 11.7. The SMILES string of the molecule is CCNC(=NCC(=O)N(C)C)N1CCN(CC(=O)NC(C)C)CC1.I. The number of carbonyl (C=O) groups excluding carboxylic acids is 2. The number of likely N-dealkylation sites (N-methyl/N-ethyl adjacent to an activating group) is 1. The van der Waals surface area contributed by atoms with Crippen LogP contribution in [0.2, 0.25) is 0 Å². The number of hydrogen-bond acceptors (Lipinski definition) is 4. The van der Waals surface area contributed by atoms with Gasteiger partial charge in [-0.25, -0.2) is 4.99 Å². The molecule has 0 radical (unpaired) electrons. The van der Waals surface area contributed by atoms with Crippen molar-refractivity contribution in [2.45, 2.75) is 26.8 Å². The topological polar surface area (TPSA) is 80.3 Å². The zero-order valence-electron chi connectivity index (χ0n) is 16.0. The van der Waals surface area contributed by atoms with Crippen molar-refractivity contribution in [1.82, 2.24) is 25.3 Å². The van der Waals surface area contributed by atoms with Crippen LogP contribution >= 0.6 is 24.0 Å². The zero-order chi connectivity index (χ0) is 18.1. The maximum absolute atomic E-state index is 11.8. The van der Waals surface area contributed by atoms with Gasteiger partial charge in [0, 0.05) is 52.9 Å². The highest BCUT2D eigenvalue weighted by molar-refractivity contribution is 14.0. The summed E-state index contributed by atoms with van der Waals surface area (Å²) in [6, 6.07) is 0.167. The smallest absolute Gasteiger partial charge is 0.243 e. The molecule has 0 aromatic rings. The molecule has 0 aliphatic carbocycles. The first-order chi connectivity index (χ1) is 11.3. The molecule has 0 aromatic heterocycles. The van der Waals surface area contributed by atoms with Crippen molar-refractivity contribution in [2.75, 3.05) is 59.9 Å². The molecule has 0 spiro atoms. The van der Waals surface area contributed by atoms with Gasteiger partial charge in [0.1, 0.15) is 6.54 Å². The first kappa shape index (κ1) is 23.9. The van der Waals surface area contributed by atoms with Crippen LogP contribution in [0.4, 0.5) is 0 Å². The summed E-state index contributed by atoms with van der Waals surface area (Å²) in [4.78, 5) is 33.8. The molecule has 1 rings (SSSR count). The number of aliphatic imine (C=N–C) groups is 1. The van der Waals surface area contributed by atoms with Crippen LogP contribution in [0, 0.1) is 0 Å². The summed E-state index contributed by atoms with van der Waals surface area (Å²) in [6.07, 6.45) is 0. The van der Waals surface area contributed by atoms with Gasteiger partial charge in [-0.2, -0.15) is 0 Å². The molecule has 0 saturated carbocycles. The quantitative estimate of drug-likeness (QED) is 0.321. The molecular weight excluding hydrogens is 435 g/mol. The largest absolute Gasteiger partial charge is 0.357 e. The van der Waals surface area contributed by atoms with Crippen LogP contribution in [-0.2, 0) is 9.59 Å². The molecule has 0 aromatic carbocycles. The Morgan fingerprint density at radius 3 is 2.24 bits per heavy atom. The summed E-state index contributed by atoms with van der Waals surface area (Å²) in [5, 5.41) is 6.15. The molecular formula is C16H33IN6O2. The van der Waals surface area contributed by atoms with Crippen molar-refractivity contribution in [3.05, 3.63) is 0 Å². The minimum Gasteiger partial charge on any atom is -0.357 e. The van der Waals surface area contributed by atoms with Crippen LogP contribution in [0.5, 0.6) is 0 Å². The number of guanidine groups is 1. The average Bonchev–Trinajstić information content (AvgIpc) is 2.51. The van der Waals surface area contributed by atoms with Crippen LogP contribution in [0.15, 0.2) is 4.99 Å². The Morgan fingerprint density at radius 2 is 1.76 bits per heavy atom.